The van der Waals surface area contributed by atoms with Gasteiger partial charge in [0.15, 0.2) is 0 Å². The fourth-order valence-corrected chi connectivity index (χ4v) is 1.76. The van der Waals surface area contributed by atoms with Crippen molar-refractivity contribution >= 4 is 17.5 Å². The van der Waals surface area contributed by atoms with E-state index in [1.807, 2.05) is 40.7 Å². The van der Waals surface area contributed by atoms with Crippen molar-refractivity contribution in [2.45, 2.75) is 40.7 Å². The van der Waals surface area contributed by atoms with Crippen molar-refractivity contribution in [2.24, 2.45) is 11.1 Å². The molecule has 0 spiro atoms. The smallest absolute Gasteiger partial charge is 0.251 e. The minimum atomic E-state index is -0.620. The highest BCUT2D eigenvalue weighted by Crippen LogP contribution is 2.21. The van der Waals surface area contributed by atoms with Gasteiger partial charge in [0.1, 0.15) is 0 Å². The lowest BCUT2D eigenvalue weighted by molar-refractivity contribution is -0.119. The van der Waals surface area contributed by atoms with Crippen LogP contribution < -0.4 is 16.4 Å². The van der Waals surface area contributed by atoms with Crippen LogP contribution in [-0.4, -0.2) is 24.4 Å². The molecule has 2 amide bonds. The van der Waals surface area contributed by atoms with E-state index in [2.05, 4.69) is 10.6 Å². The number of hydrogen-bond donors (Lipinski definition) is 3. The maximum atomic E-state index is 12.2. The summed E-state index contributed by atoms with van der Waals surface area (Å²) in [6.07, 6.45) is 0. The van der Waals surface area contributed by atoms with E-state index in [9.17, 15) is 9.59 Å². The minimum Gasteiger partial charge on any atom is -0.352 e. The maximum Gasteiger partial charge on any atom is 0.251 e. The quantitative estimate of drug-likeness (QED) is 0.794. The van der Waals surface area contributed by atoms with Gasteiger partial charge >= 0.3 is 0 Å². The van der Waals surface area contributed by atoms with E-state index in [4.69, 9.17) is 5.73 Å². The van der Waals surface area contributed by atoms with Crippen molar-refractivity contribution in [3.63, 3.8) is 0 Å². The predicted octanol–water partition coefficient (Wildman–Crippen LogP) is 2.06. The van der Waals surface area contributed by atoms with Gasteiger partial charge in [0.2, 0.25) is 5.91 Å². The Kier molecular flexibility index (Phi) is 5.49. The normalized spacial score (nSPS) is 12.7. The van der Waals surface area contributed by atoms with E-state index < -0.39 is 6.04 Å². The van der Waals surface area contributed by atoms with Gasteiger partial charge in [-0.25, -0.2) is 0 Å². The largest absolute Gasteiger partial charge is 0.352 e. The van der Waals surface area contributed by atoms with Crippen LogP contribution in [0.5, 0.6) is 0 Å². The molecule has 0 radical (unpaired) electrons. The number of hydrogen-bond acceptors (Lipinski definition) is 3. The zero-order chi connectivity index (χ0) is 16.2. The van der Waals surface area contributed by atoms with Gasteiger partial charge < -0.3 is 16.4 Å². The molecule has 0 saturated carbocycles. The van der Waals surface area contributed by atoms with Gasteiger partial charge in [-0.2, -0.15) is 0 Å². The summed E-state index contributed by atoms with van der Waals surface area (Å²) in [6.45, 7) is 10.0. The summed E-state index contributed by atoms with van der Waals surface area (Å²) in [7, 11) is 0. The molecule has 1 aromatic carbocycles. The molecule has 0 aliphatic carbocycles. The van der Waals surface area contributed by atoms with E-state index >= 15 is 0 Å². The number of benzene rings is 1. The third-order valence-corrected chi connectivity index (χ3v) is 3.31. The third-order valence-electron chi connectivity index (χ3n) is 3.31. The van der Waals surface area contributed by atoms with Crippen LogP contribution in [0.4, 0.5) is 5.69 Å². The molecule has 1 aromatic rings. The van der Waals surface area contributed by atoms with Gasteiger partial charge in [0.05, 0.1) is 6.04 Å². The van der Waals surface area contributed by atoms with Crippen LogP contribution in [-0.2, 0) is 4.79 Å². The molecule has 5 nitrogen and oxygen atoms in total. The van der Waals surface area contributed by atoms with Crippen LogP contribution in [0.1, 0.15) is 43.6 Å². The van der Waals surface area contributed by atoms with Gasteiger partial charge in [0, 0.05) is 17.8 Å². The molecule has 0 aliphatic rings. The Morgan fingerprint density at radius 2 is 1.90 bits per heavy atom. The number of carbonyl (C=O) groups is 2. The van der Waals surface area contributed by atoms with Crippen molar-refractivity contribution < 1.29 is 9.59 Å². The third kappa shape index (κ3) is 4.56. The second-order valence-electron chi connectivity index (χ2n) is 6.22. The molecule has 116 valence electrons. The highest BCUT2D eigenvalue weighted by atomic mass is 16.2. The van der Waals surface area contributed by atoms with E-state index in [0.717, 1.165) is 5.56 Å². The maximum absolute atomic E-state index is 12.2. The van der Waals surface area contributed by atoms with Gasteiger partial charge in [-0.1, -0.05) is 26.8 Å². The second kappa shape index (κ2) is 6.72. The van der Waals surface area contributed by atoms with Crippen molar-refractivity contribution in [1.29, 1.82) is 0 Å². The van der Waals surface area contributed by atoms with E-state index in [1.165, 1.54) is 0 Å². The molecule has 0 aromatic heterocycles. The molecule has 1 rings (SSSR count). The average Bonchev–Trinajstić information content (AvgIpc) is 2.39. The summed E-state index contributed by atoms with van der Waals surface area (Å²) in [5.41, 5.74) is 7.64. The number of nitrogens with two attached hydrogens (primary N) is 1. The van der Waals surface area contributed by atoms with Gasteiger partial charge in [-0.05, 0) is 37.0 Å². The molecular formula is C16H25N3O2. The fraction of sp³-hybridized carbons (Fsp3) is 0.500. The molecular weight excluding hydrogens is 266 g/mol. The Labute approximate surface area is 126 Å². The first-order valence-electron chi connectivity index (χ1n) is 7.12. The average molecular weight is 291 g/mol. The van der Waals surface area contributed by atoms with Crippen LogP contribution in [0.15, 0.2) is 18.2 Å². The Balaban J connectivity index is 2.95. The Bertz CT molecular complexity index is 533. The Hall–Kier alpha value is -1.88. The van der Waals surface area contributed by atoms with Crippen LogP contribution in [0.2, 0.25) is 0 Å². The molecule has 0 bridgehead atoms. The zero-order valence-corrected chi connectivity index (χ0v) is 13.4. The van der Waals surface area contributed by atoms with E-state index in [-0.39, 0.29) is 17.2 Å². The fourth-order valence-electron chi connectivity index (χ4n) is 1.76. The van der Waals surface area contributed by atoms with Crippen LogP contribution >= 0.6 is 0 Å². The van der Waals surface area contributed by atoms with Crippen molar-refractivity contribution in [3.05, 3.63) is 29.3 Å². The number of aryl methyl sites for hydroxylation is 1. The first-order valence-corrected chi connectivity index (χ1v) is 7.12. The van der Waals surface area contributed by atoms with Crippen LogP contribution in [0.3, 0.4) is 0 Å². The summed E-state index contributed by atoms with van der Waals surface area (Å²) in [6, 6.07) is 4.60. The molecule has 0 saturated heterocycles. The molecule has 0 fully saturated rings. The van der Waals surface area contributed by atoms with Crippen molar-refractivity contribution in [1.82, 2.24) is 5.32 Å². The molecule has 1 atom stereocenters. The SMILES string of the molecule is CCNC(=O)c1ccc(C)c(NC(=O)C(N)C(C)(C)C)c1. The topological polar surface area (TPSA) is 84.2 Å². The molecule has 1 unspecified atom stereocenters. The number of carbonyl (C=O) groups excluding carboxylic acids is 2. The summed E-state index contributed by atoms with van der Waals surface area (Å²) in [4.78, 5) is 24.0. The van der Waals surface area contributed by atoms with Gasteiger partial charge in [-0.15, -0.1) is 0 Å². The lowest BCUT2D eigenvalue weighted by Crippen LogP contribution is -2.45. The lowest BCUT2D eigenvalue weighted by atomic mass is 9.87. The monoisotopic (exact) mass is 291 g/mol. The Morgan fingerprint density at radius 3 is 2.43 bits per heavy atom. The molecule has 4 N–H and O–H groups in total. The Morgan fingerprint density at radius 1 is 1.29 bits per heavy atom. The van der Waals surface area contributed by atoms with E-state index in [1.54, 1.807) is 12.1 Å². The zero-order valence-electron chi connectivity index (χ0n) is 13.4. The van der Waals surface area contributed by atoms with Crippen molar-refractivity contribution in [2.75, 3.05) is 11.9 Å². The second-order valence-corrected chi connectivity index (χ2v) is 6.22. The predicted molar refractivity (Wildman–Crippen MR) is 85.2 cm³/mol. The standard InChI is InChI=1S/C16H25N3O2/c1-6-18-14(20)11-8-7-10(2)12(9-11)19-15(21)13(17)16(3,4)5/h7-9,13H,6,17H2,1-5H3,(H,18,20)(H,19,21). The first-order chi connectivity index (χ1) is 9.66. The van der Waals surface area contributed by atoms with E-state index in [0.29, 0.717) is 17.8 Å². The number of amides is 2. The molecule has 0 aliphatic heterocycles. The first kappa shape index (κ1) is 17.2. The summed E-state index contributed by atoms with van der Waals surface area (Å²) in [5.74, 6) is -0.410. The molecule has 0 heterocycles. The number of nitrogens with one attached hydrogen (secondary N) is 2. The van der Waals surface area contributed by atoms with Gasteiger partial charge in [-0.3, -0.25) is 9.59 Å². The van der Waals surface area contributed by atoms with Crippen LogP contribution in [0, 0.1) is 12.3 Å². The minimum absolute atomic E-state index is 0.159. The number of anilines is 1. The highest BCUT2D eigenvalue weighted by Gasteiger charge is 2.27. The highest BCUT2D eigenvalue weighted by molar-refractivity contribution is 5.99. The summed E-state index contributed by atoms with van der Waals surface area (Å²) >= 11 is 0. The molecule has 21 heavy (non-hydrogen) atoms. The van der Waals surface area contributed by atoms with Crippen LogP contribution in [0.25, 0.3) is 0 Å². The van der Waals surface area contributed by atoms with Crippen molar-refractivity contribution in [3.8, 4) is 0 Å². The molecule has 5 heteroatoms. The number of rotatable bonds is 4. The lowest BCUT2D eigenvalue weighted by Gasteiger charge is -2.26. The summed E-state index contributed by atoms with van der Waals surface area (Å²) in [5, 5.41) is 5.54. The van der Waals surface area contributed by atoms with Gasteiger partial charge in [0.25, 0.3) is 5.91 Å². The summed E-state index contributed by atoms with van der Waals surface area (Å²) < 4.78 is 0.